The number of hydrogen-bond donors (Lipinski definition) is 1. The van der Waals surface area contributed by atoms with Crippen LogP contribution in [0.3, 0.4) is 0 Å². The zero-order chi connectivity index (χ0) is 13.8. The molecule has 19 heavy (non-hydrogen) atoms. The lowest BCUT2D eigenvalue weighted by Crippen LogP contribution is -2.18. The normalized spacial score (nSPS) is 12.2. The van der Waals surface area contributed by atoms with Crippen molar-refractivity contribution in [2.75, 3.05) is 21.3 Å². The highest BCUT2D eigenvalue weighted by Crippen LogP contribution is 2.36. The monoisotopic (exact) mass is 277 g/mol. The van der Waals surface area contributed by atoms with Gasteiger partial charge in [0.1, 0.15) is 11.5 Å². The Kier molecular flexibility index (Phi) is 4.45. The Labute approximate surface area is 118 Å². The lowest BCUT2D eigenvalue weighted by molar-refractivity contribution is 0.388. The van der Waals surface area contributed by atoms with E-state index < -0.39 is 0 Å². The van der Waals surface area contributed by atoms with Gasteiger partial charge in [0.05, 0.1) is 20.3 Å². The van der Waals surface area contributed by atoms with E-state index in [-0.39, 0.29) is 6.04 Å². The highest BCUT2D eigenvalue weighted by molar-refractivity contribution is 7.10. The van der Waals surface area contributed by atoms with Gasteiger partial charge in [-0.3, -0.25) is 0 Å². The minimum Gasteiger partial charge on any atom is -0.497 e. The zero-order valence-electron chi connectivity index (χ0n) is 11.7. The molecule has 2 aromatic rings. The fourth-order valence-electron chi connectivity index (χ4n) is 2.16. The van der Waals surface area contributed by atoms with Gasteiger partial charge in [-0.05, 0) is 43.1 Å². The van der Waals surface area contributed by atoms with Crippen LogP contribution in [0.4, 0.5) is 0 Å². The van der Waals surface area contributed by atoms with Crippen molar-refractivity contribution in [1.82, 2.24) is 5.32 Å². The van der Waals surface area contributed by atoms with Gasteiger partial charge in [0.2, 0.25) is 0 Å². The molecular formula is C15H19NO2S. The van der Waals surface area contributed by atoms with Crippen molar-refractivity contribution >= 4 is 11.3 Å². The lowest BCUT2D eigenvalue weighted by atomic mass is 10.0. The molecule has 0 saturated carbocycles. The van der Waals surface area contributed by atoms with Gasteiger partial charge in [-0.25, -0.2) is 0 Å². The van der Waals surface area contributed by atoms with E-state index in [0.29, 0.717) is 0 Å². The molecule has 0 amide bonds. The number of ether oxygens (including phenoxy) is 2. The third-order valence-corrected chi connectivity index (χ3v) is 4.29. The molecule has 0 bridgehead atoms. The van der Waals surface area contributed by atoms with E-state index in [9.17, 15) is 0 Å². The number of benzene rings is 1. The van der Waals surface area contributed by atoms with Crippen LogP contribution in [0.25, 0.3) is 0 Å². The number of nitrogens with one attached hydrogen (secondary N) is 1. The molecule has 1 atom stereocenters. The van der Waals surface area contributed by atoms with E-state index in [2.05, 4.69) is 29.8 Å². The quantitative estimate of drug-likeness (QED) is 0.909. The minimum absolute atomic E-state index is 0.140. The van der Waals surface area contributed by atoms with E-state index in [1.807, 2.05) is 19.2 Å². The summed E-state index contributed by atoms with van der Waals surface area (Å²) in [4.78, 5) is 1.31. The second-order valence-corrected chi connectivity index (χ2v) is 5.25. The number of hydrogen-bond acceptors (Lipinski definition) is 4. The molecule has 3 nitrogen and oxygen atoms in total. The van der Waals surface area contributed by atoms with Crippen molar-refractivity contribution in [3.05, 3.63) is 45.6 Å². The molecule has 0 fully saturated rings. The SMILES string of the molecule is CNC(c1ccc(OC)cc1OC)c1sccc1C. The Hall–Kier alpha value is -1.52. The van der Waals surface area contributed by atoms with Crippen molar-refractivity contribution in [3.8, 4) is 11.5 Å². The number of rotatable bonds is 5. The van der Waals surface area contributed by atoms with Crippen LogP contribution in [0.5, 0.6) is 11.5 Å². The van der Waals surface area contributed by atoms with Crippen LogP contribution < -0.4 is 14.8 Å². The lowest BCUT2D eigenvalue weighted by Gasteiger charge is -2.20. The van der Waals surface area contributed by atoms with E-state index in [1.165, 1.54) is 10.4 Å². The molecule has 1 aromatic carbocycles. The predicted molar refractivity (Wildman–Crippen MR) is 79.5 cm³/mol. The third kappa shape index (κ3) is 2.74. The summed E-state index contributed by atoms with van der Waals surface area (Å²) in [6.45, 7) is 2.13. The first-order valence-corrected chi connectivity index (χ1v) is 7.02. The summed E-state index contributed by atoms with van der Waals surface area (Å²) in [5.41, 5.74) is 2.42. The third-order valence-electron chi connectivity index (χ3n) is 3.20. The molecule has 1 N–H and O–H groups in total. The van der Waals surface area contributed by atoms with Gasteiger partial charge < -0.3 is 14.8 Å². The van der Waals surface area contributed by atoms with E-state index in [0.717, 1.165) is 17.1 Å². The first kappa shape index (κ1) is 13.9. The van der Waals surface area contributed by atoms with Crippen LogP contribution in [-0.2, 0) is 0 Å². The summed E-state index contributed by atoms with van der Waals surface area (Å²) in [6.07, 6.45) is 0. The average molecular weight is 277 g/mol. The maximum atomic E-state index is 5.49. The number of thiophene rings is 1. The molecule has 4 heteroatoms. The fraction of sp³-hybridized carbons (Fsp3) is 0.333. The van der Waals surface area contributed by atoms with Gasteiger partial charge in [-0.15, -0.1) is 11.3 Å². The fourth-order valence-corrected chi connectivity index (χ4v) is 3.22. The summed E-state index contributed by atoms with van der Waals surface area (Å²) in [7, 11) is 5.31. The van der Waals surface area contributed by atoms with E-state index in [4.69, 9.17) is 9.47 Å². The largest absolute Gasteiger partial charge is 0.497 e. The molecule has 2 rings (SSSR count). The zero-order valence-corrected chi connectivity index (χ0v) is 12.5. The molecule has 1 heterocycles. The van der Waals surface area contributed by atoms with Crippen molar-refractivity contribution in [3.63, 3.8) is 0 Å². The highest BCUT2D eigenvalue weighted by Gasteiger charge is 2.19. The average Bonchev–Trinajstić information content (AvgIpc) is 2.86. The van der Waals surface area contributed by atoms with Gasteiger partial charge in [-0.2, -0.15) is 0 Å². The molecule has 102 valence electrons. The Balaban J connectivity index is 2.46. The Morgan fingerprint density at radius 2 is 1.95 bits per heavy atom. The summed E-state index contributed by atoms with van der Waals surface area (Å²) >= 11 is 1.76. The van der Waals surface area contributed by atoms with Crippen LogP contribution >= 0.6 is 11.3 Å². The standard InChI is InChI=1S/C15H19NO2S/c1-10-7-8-19-15(10)14(16-2)12-6-5-11(17-3)9-13(12)18-4/h5-9,14,16H,1-4H3. The van der Waals surface area contributed by atoms with E-state index in [1.54, 1.807) is 25.6 Å². The van der Waals surface area contributed by atoms with Gasteiger partial charge in [0, 0.05) is 16.5 Å². The van der Waals surface area contributed by atoms with Crippen molar-refractivity contribution in [2.45, 2.75) is 13.0 Å². The molecule has 0 radical (unpaired) electrons. The first-order chi connectivity index (χ1) is 9.21. The molecular weight excluding hydrogens is 258 g/mol. The van der Waals surface area contributed by atoms with Crippen molar-refractivity contribution in [2.24, 2.45) is 0 Å². The highest BCUT2D eigenvalue weighted by atomic mass is 32.1. The topological polar surface area (TPSA) is 30.5 Å². The maximum absolute atomic E-state index is 5.49. The molecule has 0 aliphatic rings. The van der Waals surface area contributed by atoms with Gasteiger partial charge in [-0.1, -0.05) is 0 Å². The molecule has 0 spiro atoms. The van der Waals surface area contributed by atoms with Gasteiger partial charge in [0.15, 0.2) is 0 Å². The summed E-state index contributed by atoms with van der Waals surface area (Å²) < 4.78 is 10.7. The van der Waals surface area contributed by atoms with Crippen LogP contribution in [0, 0.1) is 6.92 Å². The Morgan fingerprint density at radius 1 is 1.16 bits per heavy atom. The first-order valence-electron chi connectivity index (χ1n) is 6.14. The number of methoxy groups -OCH3 is 2. The van der Waals surface area contributed by atoms with Crippen molar-refractivity contribution in [1.29, 1.82) is 0 Å². The van der Waals surface area contributed by atoms with Gasteiger partial charge in [0.25, 0.3) is 0 Å². The Morgan fingerprint density at radius 3 is 2.47 bits per heavy atom. The molecule has 1 unspecified atom stereocenters. The smallest absolute Gasteiger partial charge is 0.127 e. The van der Waals surface area contributed by atoms with Crippen LogP contribution in [-0.4, -0.2) is 21.3 Å². The summed E-state index contributed by atoms with van der Waals surface area (Å²) in [5, 5.41) is 5.48. The molecule has 0 saturated heterocycles. The van der Waals surface area contributed by atoms with Crippen LogP contribution in [0.15, 0.2) is 29.6 Å². The van der Waals surface area contributed by atoms with Crippen molar-refractivity contribution < 1.29 is 9.47 Å². The minimum atomic E-state index is 0.140. The Bertz CT molecular complexity index is 551. The summed E-state index contributed by atoms with van der Waals surface area (Å²) in [5.74, 6) is 1.64. The van der Waals surface area contributed by atoms with Gasteiger partial charge >= 0.3 is 0 Å². The maximum Gasteiger partial charge on any atom is 0.127 e. The summed E-state index contributed by atoms with van der Waals surface area (Å²) in [6, 6.07) is 8.22. The molecule has 0 aliphatic carbocycles. The van der Waals surface area contributed by atoms with Crippen LogP contribution in [0.2, 0.25) is 0 Å². The van der Waals surface area contributed by atoms with Crippen LogP contribution in [0.1, 0.15) is 22.0 Å². The second kappa shape index (κ2) is 6.08. The molecule has 0 aliphatic heterocycles. The molecule has 1 aromatic heterocycles. The second-order valence-electron chi connectivity index (χ2n) is 4.30. The number of aryl methyl sites for hydroxylation is 1. The predicted octanol–water partition coefficient (Wildman–Crippen LogP) is 3.38. The van der Waals surface area contributed by atoms with E-state index >= 15 is 0 Å².